The maximum atomic E-state index is 5.70. The second-order valence-electron chi connectivity index (χ2n) is 2.77. The molecule has 0 amide bonds. The Morgan fingerprint density at radius 2 is 2.00 bits per heavy atom. The molecule has 2 aromatic heterocycles. The van der Waals surface area contributed by atoms with Gasteiger partial charge in [-0.1, -0.05) is 0 Å². The van der Waals surface area contributed by atoms with Crippen LogP contribution in [0.25, 0.3) is 11.3 Å². The molecule has 2 aromatic rings. The quantitative estimate of drug-likeness (QED) is 0.715. The van der Waals surface area contributed by atoms with Gasteiger partial charge in [0.1, 0.15) is 11.5 Å². The largest absolute Gasteiger partial charge is 0.461 e. The van der Waals surface area contributed by atoms with Crippen molar-refractivity contribution in [1.82, 2.24) is 10.2 Å². The second kappa shape index (κ2) is 2.90. The Bertz CT molecular complexity index is 422. The van der Waals surface area contributed by atoms with E-state index in [4.69, 9.17) is 10.2 Å². The predicted molar refractivity (Wildman–Crippen MR) is 48.9 cm³/mol. The van der Waals surface area contributed by atoms with Gasteiger partial charge in [-0.05, 0) is 19.1 Å². The van der Waals surface area contributed by atoms with Crippen molar-refractivity contribution in [3.05, 3.63) is 30.3 Å². The summed E-state index contributed by atoms with van der Waals surface area (Å²) >= 11 is 0. The van der Waals surface area contributed by atoms with E-state index >= 15 is 0 Å². The SMILES string of the molecule is Cc1ccc(-c2cnncc2N)o1. The van der Waals surface area contributed by atoms with Gasteiger partial charge < -0.3 is 10.2 Å². The highest BCUT2D eigenvalue weighted by Crippen LogP contribution is 2.25. The van der Waals surface area contributed by atoms with Gasteiger partial charge in [0.05, 0.1) is 23.6 Å². The first-order chi connectivity index (χ1) is 6.27. The molecule has 0 fully saturated rings. The third kappa shape index (κ3) is 1.38. The Balaban J connectivity index is 2.52. The molecule has 13 heavy (non-hydrogen) atoms. The van der Waals surface area contributed by atoms with Crippen LogP contribution in [-0.2, 0) is 0 Å². The van der Waals surface area contributed by atoms with Crippen LogP contribution < -0.4 is 5.73 Å². The molecule has 4 nitrogen and oxygen atoms in total. The summed E-state index contributed by atoms with van der Waals surface area (Å²) in [5, 5.41) is 7.40. The molecule has 0 radical (unpaired) electrons. The summed E-state index contributed by atoms with van der Waals surface area (Å²) in [4.78, 5) is 0. The molecule has 0 aliphatic carbocycles. The number of nitrogen functional groups attached to an aromatic ring is 1. The fraction of sp³-hybridized carbons (Fsp3) is 0.111. The van der Waals surface area contributed by atoms with Crippen LogP contribution in [0.3, 0.4) is 0 Å². The zero-order valence-corrected chi connectivity index (χ0v) is 7.19. The number of furan rings is 1. The van der Waals surface area contributed by atoms with Crippen LogP contribution in [0.1, 0.15) is 5.76 Å². The first kappa shape index (κ1) is 7.79. The molecule has 0 spiro atoms. The highest BCUT2D eigenvalue weighted by atomic mass is 16.3. The maximum absolute atomic E-state index is 5.70. The number of hydrogen-bond donors (Lipinski definition) is 1. The van der Waals surface area contributed by atoms with Gasteiger partial charge >= 0.3 is 0 Å². The van der Waals surface area contributed by atoms with Gasteiger partial charge in [-0.2, -0.15) is 10.2 Å². The van der Waals surface area contributed by atoms with E-state index in [0.29, 0.717) is 5.69 Å². The zero-order chi connectivity index (χ0) is 9.26. The molecule has 0 bridgehead atoms. The van der Waals surface area contributed by atoms with Crippen LogP contribution in [0.4, 0.5) is 5.69 Å². The van der Waals surface area contributed by atoms with Gasteiger partial charge in [0, 0.05) is 0 Å². The Morgan fingerprint density at radius 3 is 2.62 bits per heavy atom. The average molecular weight is 175 g/mol. The highest BCUT2D eigenvalue weighted by molar-refractivity contribution is 5.70. The maximum Gasteiger partial charge on any atom is 0.138 e. The van der Waals surface area contributed by atoms with E-state index in [0.717, 1.165) is 17.1 Å². The molecule has 0 unspecified atom stereocenters. The number of rotatable bonds is 1. The molecule has 0 aromatic carbocycles. The van der Waals surface area contributed by atoms with Crippen LogP contribution in [0, 0.1) is 6.92 Å². The number of hydrogen-bond acceptors (Lipinski definition) is 4. The van der Waals surface area contributed by atoms with Crippen LogP contribution in [0.2, 0.25) is 0 Å². The van der Waals surface area contributed by atoms with Crippen molar-refractivity contribution < 1.29 is 4.42 Å². The van der Waals surface area contributed by atoms with E-state index in [1.54, 1.807) is 6.20 Å². The summed E-state index contributed by atoms with van der Waals surface area (Å²) in [6.45, 7) is 1.88. The lowest BCUT2D eigenvalue weighted by Crippen LogP contribution is -1.91. The molecule has 0 aliphatic heterocycles. The lowest BCUT2D eigenvalue weighted by atomic mass is 10.2. The summed E-state index contributed by atoms with van der Waals surface area (Å²) in [5.41, 5.74) is 7.05. The fourth-order valence-electron chi connectivity index (χ4n) is 1.12. The smallest absolute Gasteiger partial charge is 0.138 e. The Kier molecular flexibility index (Phi) is 1.73. The minimum atomic E-state index is 0.573. The van der Waals surface area contributed by atoms with Gasteiger partial charge in [0.2, 0.25) is 0 Å². The van der Waals surface area contributed by atoms with Gasteiger partial charge in [-0.25, -0.2) is 0 Å². The number of nitrogens with zero attached hydrogens (tertiary/aromatic N) is 2. The molecule has 4 heteroatoms. The van der Waals surface area contributed by atoms with Crippen LogP contribution in [0.5, 0.6) is 0 Å². The molecule has 2 N–H and O–H groups in total. The summed E-state index contributed by atoms with van der Waals surface area (Å²) < 4.78 is 5.40. The highest BCUT2D eigenvalue weighted by Gasteiger charge is 2.06. The van der Waals surface area contributed by atoms with E-state index in [9.17, 15) is 0 Å². The van der Waals surface area contributed by atoms with Crippen molar-refractivity contribution in [3.8, 4) is 11.3 Å². The molecular weight excluding hydrogens is 166 g/mol. The minimum absolute atomic E-state index is 0.573. The molecular formula is C9H9N3O. The molecule has 0 aliphatic rings. The van der Waals surface area contributed by atoms with E-state index < -0.39 is 0 Å². The normalized spacial score (nSPS) is 10.2. The van der Waals surface area contributed by atoms with Gasteiger partial charge in [-0.3, -0.25) is 0 Å². The lowest BCUT2D eigenvalue weighted by molar-refractivity contribution is 0.548. The van der Waals surface area contributed by atoms with Crippen molar-refractivity contribution in [3.63, 3.8) is 0 Å². The van der Waals surface area contributed by atoms with Crippen LogP contribution in [0.15, 0.2) is 28.9 Å². The monoisotopic (exact) mass is 175 g/mol. The van der Waals surface area contributed by atoms with Crippen molar-refractivity contribution >= 4 is 5.69 Å². The van der Waals surface area contributed by atoms with Gasteiger partial charge in [0.15, 0.2) is 0 Å². The average Bonchev–Trinajstić information content (AvgIpc) is 2.53. The fourth-order valence-corrected chi connectivity index (χ4v) is 1.12. The minimum Gasteiger partial charge on any atom is -0.461 e. The molecule has 2 heterocycles. The van der Waals surface area contributed by atoms with Gasteiger partial charge in [-0.15, -0.1) is 0 Å². The van der Waals surface area contributed by atoms with E-state index in [1.165, 1.54) is 6.20 Å². The molecule has 0 saturated carbocycles. The third-order valence-electron chi connectivity index (χ3n) is 1.77. The van der Waals surface area contributed by atoms with Gasteiger partial charge in [0.25, 0.3) is 0 Å². The summed E-state index contributed by atoms with van der Waals surface area (Å²) in [7, 11) is 0. The lowest BCUT2D eigenvalue weighted by Gasteiger charge is -1.98. The standard InChI is InChI=1S/C9H9N3O/c1-6-2-3-9(13-6)7-4-11-12-5-8(7)10/h2-5H,1H3,(H2,10,11). The molecule has 2 rings (SSSR count). The first-order valence-corrected chi connectivity index (χ1v) is 3.90. The summed E-state index contributed by atoms with van der Waals surface area (Å²) in [5.74, 6) is 1.58. The van der Waals surface area contributed by atoms with E-state index in [-0.39, 0.29) is 0 Å². The summed E-state index contributed by atoms with van der Waals surface area (Å²) in [6, 6.07) is 3.75. The van der Waals surface area contributed by atoms with Crippen LogP contribution >= 0.6 is 0 Å². The van der Waals surface area contributed by atoms with E-state index in [1.807, 2.05) is 19.1 Å². The second-order valence-corrected chi connectivity index (χ2v) is 2.77. The first-order valence-electron chi connectivity index (χ1n) is 3.90. The van der Waals surface area contributed by atoms with Crippen LogP contribution in [-0.4, -0.2) is 10.2 Å². The Hall–Kier alpha value is -1.84. The predicted octanol–water partition coefficient (Wildman–Crippen LogP) is 1.63. The zero-order valence-electron chi connectivity index (χ0n) is 7.19. The molecule has 0 atom stereocenters. The van der Waals surface area contributed by atoms with Crippen molar-refractivity contribution in [2.75, 3.05) is 5.73 Å². The molecule has 66 valence electrons. The molecule has 0 saturated heterocycles. The topological polar surface area (TPSA) is 64.9 Å². The van der Waals surface area contributed by atoms with Crippen molar-refractivity contribution in [2.24, 2.45) is 0 Å². The number of anilines is 1. The number of aromatic nitrogens is 2. The van der Waals surface area contributed by atoms with E-state index in [2.05, 4.69) is 10.2 Å². The Morgan fingerprint density at radius 1 is 1.23 bits per heavy atom. The number of nitrogens with two attached hydrogens (primary N) is 1. The number of aryl methyl sites for hydroxylation is 1. The third-order valence-corrected chi connectivity index (χ3v) is 1.77. The van der Waals surface area contributed by atoms with Crippen molar-refractivity contribution in [1.29, 1.82) is 0 Å². The van der Waals surface area contributed by atoms with Crippen molar-refractivity contribution in [2.45, 2.75) is 6.92 Å². The summed E-state index contributed by atoms with van der Waals surface area (Å²) in [6.07, 6.45) is 3.10. The Labute approximate surface area is 75.4 Å².